The highest BCUT2D eigenvalue weighted by Gasteiger charge is 2.31. The number of hydrogen-bond acceptors (Lipinski definition) is 8. The molecule has 1 saturated heterocycles. The number of carbonyl (C=O) groups is 2. The van der Waals surface area contributed by atoms with Crippen LogP contribution in [0.25, 0.3) is 33.1 Å². The van der Waals surface area contributed by atoms with E-state index in [2.05, 4.69) is 31.2 Å². The van der Waals surface area contributed by atoms with Gasteiger partial charge in [0.25, 0.3) is 0 Å². The van der Waals surface area contributed by atoms with E-state index in [9.17, 15) is 14.9 Å². The van der Waals surface area contributed by atoms with E-state index in [1.807, 2.05) is 20.8 Å². The lowest BCUT2D eigenvalue weighted by Crippen LogP contribution is -2.40. The molecule has 0 unspecified atom stereocenters. The minimum Gasteiger partial charge on any atom is -0.444 e. The van der Waals surface area contributed by atoms with Crippen molar-refractivity contribution in [1.29, 1.82) is 5.26 Å². The number of benzene rings is 1. The molecule has 2 N–H and O–H groups in total. The van der Waals surface area contributed by atoms with Crippen molar-refractivity contribution in [2.45, 2.75) is 65.2 Å². The standard InChI is InChI=1S/C32H36FN7O4/c1-31(2,3)43-29(41)37-21-8-9-40(17-21)27-23(19-10-18(13-34)14-35-15-19)16-36-28-25(27)22-11-20(33)12-24(26(22)38-28)39(7)30(42)44-32(4,5)6/h10-12,14-16,21H,8-9,17H2,1-7H3,(H,36,38)(H,37,41)/t21-/m1/s1. The number of aromatic nitrogens is 3. The highest BCUT2D eigenvalue weighted by atomic mass is 19.1. The van der Waals surface area contributed by atoms with Crippen LogP contribution in [-0.2, 0) is 9.47 Å². The maximum absolute atomic E-state index is 15.3. The maximum atomic E-state index is 15.3. The molecule has 1 aromatic carbocycles. The van der Waals surface area contributed by atoms with E-state index in [1.165, 1.54) is 30.3 Å². The van der Waals surface area contributed by atoms with Crippen LogP contribution in [0.15, 0.2) is 36.8 Å². The Morgan fingerprint density at radius 2 is 1.84 bits per heavy atom. The average Bonchev–Trinajstić information content (AvgIpc) is 3.54. The summed E-state index contributed by atoms with van der Waals surface area (Å²) < 4.78 is 26.3. The molecule has 2 amide bonds. The van der Waals surface area contributed by atoms with Crippen molar-refractivity contribution in [1.82, 2.24) is 20.3 Å². The summed E-state index contributed by atoms with van der Waals surface area (Å²) in [6.07, 6.45) is 4.32. The van der Waals surface area contributed by atoms with Gasteiger partial charge in [-0.3, -0.25) is 9.88 Å². The molecule has 1 atom stereocenters. The summed E-state index contributed by atoms with van der Waals surface area (Å²) in [5.74, 6) is -0.542. The molecule has 1 fully saturated rings. The molecular formula is C32H36FN7O4. The molecule has 5 rings (SSSR count). The Kier molecular flexibility index (Phi) is 7.84. The third-order valence-electron chi connectivity index (χ3n) is 7.08. The number of nitrogens with one attached hydrogen (secondary N) is 2. The molecule has 1 aliphatic rings. The van der Waals surface area contributed by atoms with Gasteiger partial charge in [-0.25, -0.2) is 19.0 Å². The monoisotopic (exact) mass is 601 g/mol. The number of hydrogen-bond donors (Lipinski definition) is 2. The third-order valence-corrected chi connectivity index (χ3v) is 7.08. The topological polar surface area (TPSA) is 136 Å². The van der Waals surface area contributed by atoms with Gasteiger partial charge >= 0.3 is 12.2 Å². The van der Waals surface area contributed by atoms with Gasteiger partial charge in [-0.2, -0.15) is 5.26 Å². The third kappa shape index (κ3) is 6.37. The van der Waals surface area contributed by atoms with Crippen LogP contribution in [0.1, 0.15) is 53.5 Å². The van der Waals surface area contributed by atoms with Crippen LogP contribution in [-0.4, -0.2) is 64.5 Å². The molecule has 0 bridgehead atoms. The van der Waals surface area contributed by atoms with Crippen LogP contribution in [0.5, 0.6) is 0 Å². The van der Waals surface area contributed by atoms with Gasteiger partial charge in [-0.1, -0.05) is 0 Å². The first-order valence-corrected chi connectivity index (χ1v) is 14.3. The van der Waals surface area contributed by atoms with E-state index >= 15 is 4.39 Å². The predicted octanol–water partition coefficient (Wildman–Crippen LogP) is 6.26. The second-order valence-corrected chi connectivity index (χ2v) is 12.9. The van der Waals surface area contributed by atoms with Crippen LogP contribution < -0.4 is 15.1 Å². The zero-order valence-electron chi connectivity index (χ0n) is 25.9. The summed E-state index contributed by atoms with van der Waals surface area (Å²) in [6.45, 7) is 11.7. The number of anilines is 2. The number of ether oxygens (including phenoxy) is 2. The minimum atomic E-state index is -0.743. The number of halogens is 1. The number of fused-ring (bicyclic) bond motifs is 3. The second-order valence-electron chi connectivity index (χ2n) is 12.9. The zero-order valence-corrected chi connectivity index (χ0v) is 25.9. The largest absolute Gasteiger partial charge is 0.444 e. The van der Waals surface area contributed by atoms with Gasteiger partial charge in [0.1, 0.15) is 28.7 Å². The number of rotatable bonds is 4. The molecule has 4 aromatic rings. The quantitative estimate of drug-likeness (QED) is 0.280. The molecule has 0 saturated carbocycles. The number of alkyl carbamates (subject to hydrolysis) is 1. The molecule has 1 aliphatic heterocycles. The summed E-state index contributed by atoms with van der Waals surface area (Å²) in [6, 6.07) is 6.33. The van der Waals surface area contributed by atoms with Crippen LogP contribution in [0.4, 0.5) is 25.4 Å². The zero-order chi connectivity index (χ0) is 32.0. The number of nitriles is 1. The Bertz CT molecular complexity index is 1800. The molecule has 0 spiro atoms. The lowest BCUT2D eigenvalue weighted by molar-refractivity contribution is 0.0507. The average molecular weight is 602 g/mol. The minimum absolute atomic E-state index is 0.208. The number of carbonyl (C=O) groups excluding carboxylic acids is 2. The molecule has 3 aromatic heterocycles. The van der Waals surface area contributed by atoms with Crippen molar-refractivity contribution in [3.05, 3.63) is 48.2 Å². The lowest BCUT2D eigenvalue weighted by Gasteiger charge is -2.25. The Labute approximate surface area is 255 Å². The van der Waals surface area contributed by atoms with Gasteiger partial charge in [0.05, 0.1) is 33.9 Å². The SMILES string of the molecule is CN(C(=O)OC(C)(C)C)c1cc(F)cc2c1[nH]c1ncc(-c3cncc(C#N)c3)c(N3CC[C@@H](NC(=O)OC(C)(C)C)C3)c12. The number of H-pyrrole nitrogens is 1. The summed E-state index contributed by atoms with van der Waals surface area (Å²) in [5.41, 5.74) is 2.37. The first-order chi connectivity index (χ1) is 20.6. The molecule has 44 heavy (non-hydrogen) atoms. The van der Waals surface area contributed by atoms with Gasteiger partial charge in [0.15, 0.2) is 0 Å². The van der Waals surface area contributed by atoms with Gasteiger partial charge in [-0.05, 0) is 66.2 Å². The van der Waals surface area contributed by atoms with Crippen molar-refractivity contribution in [3.63, 3.8) is 0 Å². The first kappa shape index (κ1) is 30.5. The fraction of sp³-hybridized carbons (Fsp3) is 0.406. The fourth-order valence-electron chi connectivity index (χ4n) is 5.33. The van der Waals surface area contributed by atoms with E-state index in [0.29, 0.717) is 63.8 Å². The Morgan fingerprint density at radius 1 is 1.11 bits per heavy atom. The van der Waals surface area contributed by atoms with Crippen molar-refractivity contribution < 1.29 is 23.5 Å². The van der Waals surface area contributed by atoms with Crippen LogP contribution >= 0.6 is 0 Å². The van der Waals surface area contributed by atoms with Crippen molar-refractivity contribution in [2.75, 3.05) is 29.9 Å². The molecule has 11 nitrogen and oxygen atoms in total. The van der Waals surface area contributed by atoms with Gasteiger partial charge in [0.2, 0.25) is 0 Å². The molecule has 4 heterocycles. The normalized spacial score (nSPS) is 15.3. The van der Waals surface area contributed by atoms with Crippen molar-refractivity contribution >= 4 is 45.5 Å². The fourth-order valence-corrected chi connectivity index (χ4v) is 5.33. The summed E-state index contributed by atoms with van der Waals surface area (Å²) in [4.78, 5) is 41.1. The van der Waals surface area contributed by atoms with Crippen LogP contribution in [0, 0.1) is 17.1 Å². The second kappa shape index (κ2) is 11.3. The lowest BCUT2D eigenvalue weighted by atomic mass is 10.0. The Balaban J connectivity index is 1.66. The summed E-state index contributed by atoms with van der Waals surface area (Å²) >= 11 is 0. The van der Waals surface area contributed by atoms with Gasteiger partial charge in [-0.15, -0.1) is 0 Å². The molecule has 230 valence electrons. The number of amides is 2. The smallest absolute Gasteiger partial charge is 0.414 e. The maximum Gasteiger partial charge on any atom is 0.414 e. The summed E-state index contributed by atoms with van der Waals surface area (Å²) in [7, 11) is 1.53. The molecular weight excluding hydrogens is 565 g/mol. The first-order valence-electron chi connectivity index (χ1n) is 14.3. The molecule has 12 heteroatoms. The van der Waals surface area contributed by atoms with Crippen molar-refractivity contribution in [2.24, 2.45) is 0 Å². The van der Waals surface area contributed by atoms with Crippen LogP contribution in [0.3, 0.4) is 0 Å². The van der Waals surface area contributed by atoms with E-state index in [1.54, 1.807) is 39.2 Å². The van der Waals surface area contributed by atoms with E-state index in [4.69, 9.17) is 9.47 Å². The van der Waals surface area contributed by atoms with E-state index < -0.39 is 29.2 Å². The predicted molar refractivity (Wildman–Crippen MR) is 166 cm³/mol. The van der Waals surface area contributed by atoms with E-state index in [-0.39, 0.29) is 6.04 Å². The Morgan fingerprint density at radius 3 is 2.52 bits per heavy atom. The Hall–Kier alpha value is -4.92. The van der Waals surface area contributed by atoms with E-state index in [0.717, 1.165) is 5.69 Å². The van der Waals surface area contributed by atoms with Gasteiger partial charge < -0.3 is 24.7 Å². The van der Waals surface area contributed by atoms with Gasteiger partial charge in [0, 0.05) is 55.2 Å². The molecule has 0 radical (unpaired) electrons. The van der Waals surface area contributed by atoms with Crippen LogP contribution in [0.2, 0.25) is 0 Å². The number of pyridine rings is 2. The number of nitrogens with zero attached hydrogens (tertiary/aromatic N) is 5. The molecule has 0 aliphatic carbocycles. The summed E-state index contributed by atoms with van der Waals surface area (Å²) in [5, 5.41) is 13.6. The highest BCUT2D eigenvalue weighted by Crippen LogP contribution is 2.43. The van der Waals surface area contributed by atoms with Crippen molar-refractivity contribution in [3.8, 4) is 17.2 Å². The highest BCUT2D eigenvalue weighted by molar-refractivity contribution is 6.18. The number of aromatic amines is 1.